The van der Waals surface area contributed by atoms with Crippen LogP contribution in [0.5, 0.6) is 5.75 Å². The summed E-state index contributed by atoms with van der Waals surface area (Å²) in [6.07, 6.45) is 3.96. The van der Waals surface area contributed by atoms with Crippen molar-refractivity contribution in [3.63, 3.8) is 0 Å². The molecule has 4 aromatic rings. The second-order valence-corrected chi connectivity index (χ2v) is 8.26. The second-order valence-electron chi connectivity index (χ2n) is 7.38. The number of thiophene rings is 1. The molecule has 7 nitrogen and oxygen atoms in total. The van der Waals surface area contributed by atoms with E-state index in [0.29, 0.717) is 42.1 Å². The molecule has 0 fully saturated rings. The molecule has 0 aliphatic carbocycles. The van der Waals surface area contributed by atoms with Gasteiger partial charge >= 0.3 is 0 Å². The van der Waals surface area contributed by atoms with Crippen LogP contribution in [0.4, 0.5) is 5.69 Å². The number of anilines is 1. The Morgan fingerprint density at radius 1 is 1.09 bits per heavy atom. The van der Waals surface area contributed by atoms with Gasteiger partial charge in [0, 0.05) is 40.5 Å². The highest BCUT2D eigenvalue weighted by molar-refractivity contribution is 7.15. The summed E-state index contributed by atoms with van der Waals surface area (Å²) in [6, 6.07) is 14.9. The van der Waals surface area contributed by atoms with Crippen LogP contribution in [0.1, 0.15) is 27.1 Å². The lowest BCUT2D eigenvalue weighted by Crippen LogP contribution is -2.26. The molecule has 0 saturated carbocycles. The van der Waals surface area contributed by atoms with E-state index < -0.39 is 0 Å². The van der Waals surface area contributed by atoms with Crippen molar-refractivity contribution >= 4 is 39.6 Å². The molecule has 168 valence electrons. The molecule has 0 unspecified atom stereocenters. The van der Waals surface area contributed by atoms with Gasteiger partial charge in [0.2, 0.25) is 0 Å². The van der Waals surface area contributed by atoms with E-state index in [-0.39, 0.29) is 11.8 Å². The molecule has 0 aliphatic rings. The molecule has 33 heavy (non-hydrogen) atoms. The molecule has 0 atom stereocenters. The Morgan fingerprint density at radius 3 is 2.76 bits per heavy atom. The summed E-state index contributed by atoms with van der Waals surface area (Å²) in [7, 11) is 1.50. The smallest absolute Gasteiger partial charge is 0.257 e. The molecule has 8 heteroatoms. The fourth-order valence-corrected chi connectivity index (χ4v) is 4.48. The fourth-order valence-electron chi connectivity index (χ4n) is 3.47. The van der Waals surface area contributed by atoms with Gasteiger partial charge in [-0.25, -0.2) is 0 Å². The molecule has 2 aromatic heterocycles. The number of benzene rings is 2. The third-order valence-corrected chi connectivity index (χ3v) is 6.20. The molecular weight excluding hydrogens is 436 g/mol. The maximum atomic E-state index is 13.0. The number of ether oxygens (including phenoxy) is 1. The van der Waals surface area contributed by atoms with E-state index in [4.69, 9.17) is 10.5 Å². The zero-order chi connectivity index (χ0) is 23.2. The summed E-state index contributed by atoms with van der Waals surface area (Å²) in [5.74, 6) is -0.180. The lowest BCUT2D eigenvalue weighted by Gasteiger charge is -2.12. The number of hydrogen-bond donors (Lipinski definition) is 3. The topological polar surface area (TPSA) is 106 Å². The Hall–Kier alpha value is -3.75. The van der Waals surface area contributed by atoms with Crippen molar-refractivity contribution < 1.29 is 14.3 Å². The average Bonchev–Trinajstić information content (AvgIpc) is 3.28. The summed E-state index contributed by atoms with van der Waals surface area (Å²) in [6.45, 7) is 0.951. The summed E-state index contributed by atoms with van der Waals surface area (Å²) < 4.78 is 5.30. The Kier molecular flexibility index (Phi) is 6.97. The first kappa shape index (κ1) is 22.4. The number of rotatable bonds is 8. The average molecular weight is 461 g/mol. The van der Waals surface area contributed by atoms with Gasteiger partial charge in [-0.2, -0.15) is 0 Å². The van der Waals surface area contributed by atoms with E-state index in [2.05, 4.69) is 33.1 Å². The third-order valence-electron chi connectivity index (χ3n) is 5.14. The van der Waals surface area contributed by atoms with Crippen LogP contribution >= 0.6 is 11.3 Å². The maximum Gasteiger partial charge on any atom is 0.257 e. The SMILES string of the molecule is COc1ccc(NC(=O)c2cncc(-c3scc4ccccc34)c2)cc1C(=O)NCCCN. The van der Waals surface area contributed by atoms with Gasteiger partial charge in [-0.1, -0.05) is 24.3 Å². The van der Waals surface area contributed by atoms with Crippen molar-refractivity contribution in [1.29, 1.82) is 0 Å². The quantitative estimate of drug-likeness (QED) is 0.340. The molecule has 2 amide bonds. The Labute approximate surface area is 195 Å². The van der Waals surface area contributed by atoms with Crippen LogP contribution < -0.4 is 21.1 Å². The zero-order valence-electron chi connectivity index (χ0n) is 18.1. The van der Waals surface area contributed by atoms with E-state index in [0.717, 1.165) is 21.2 Å². The van der Waals surface area contributed by atoms with Gasteiger partial charge in [-0.05, 0) is 48.0 Å². The van der Waals surface area contributed by atoms with Crippen LogP contribution in [0.3, 0.4) is 0 Å². The number of carbonyl (C=O) groups excluding carboxylic acids is 2. The highest BCUT2D eigenvalue weighted by Gasteiger charge is 2.15. The fraction of sp³-hybridized carbons (Fsp3) is 0.160. The standard InChI is InChI=1S/C25H24N4O3S/c1-32-22-8-7-19(12-21(22)25(31)28-10-4-9-26)29-24(30)18-11-17(13-27-14-18)23-20-6-3-2-5-16(20)15-33-23/h2-3,5-8,11-15H,4,9-10,26H2,1H3,(H,28,31)(H,29,30). The van der Waals surface area contributed by atoms with E-state index in [1.165, 1.54) is 13.3 Å². The maximum absolute atomic E-state index is 13.0. The van der Waals surface area contributed by atoms with Crippen molar-refractivity contribution in [2.75, 3.05) is 25.5 Å². The van der Waals surface area contributed by atoms with E-state index in [1.807, 2.05) is 18.2 Å². The zero-order valence-corrected chi connectivity index (χ0v) is 18.9. The Morgan fingerprint density at radius 2 is 1.94 bits per heavy atom. The number of fused-ring (bicyclic) bond motifs is 1. The highest BCUT2D eigenvalue weighted by atomic mass is 32.1. The molecule has 4 rings (SSSR count). The second kappa shape index (κ2) is 10.2. The van der Waals surface area contributed by atoms with Crippen LogP contribution in [0, 0.1) is 0 Å². The van der Waals surface area contributed by atoms with Crippen molar-refractivity contribution in [1.82, 2.24) is 10.3 Å². The minimum Gasteiger partial charge on any atom is -0.496 e. The normalized spacial score (nSPS) is 10.7. The van der Waals surface area contributed by atoms with Gasteiger partial charge in [0.15, 0.2) is 0 Å². The largest absolute Gasteiger partial charge is 0.496 e. The van der Waals surface area contributed by atoms with Crippen molar-refractivity contribution in [3.8, 4) is 16.2 Å². The molecule has 4 N–H and O–H groups in total. The first-order valence-electron chi connectivity index (χ1n) is 10.5. The van der Waals surface area contributed by atoms with E-state index in [1.54, 1.807) is 35.7 Å². The van der Waals surface area contributed by atoms with Gasteiger partial charge in [0.05, 0.1) is 18.2 Å². The molecule has 0 bridgehead atoms. The van der Waals surface area contributed by atoms with Crippen LogP contribution in [-0.4, -0.2) is 37.0 Å². The first-order chi connectivity index (χ1) is 16.1. The summed E-state index contributed by atoms with van der Waals surface area (Å²) in [5.41, 5.74) is 7.61. The molecule has 0 saturated heterocycles. The number of nitrogens with one attached hydrogen (secondary N) is 2. The Bertz CT molecular complexity index is 1300. The van der Waals surface area contributed by atoms with Gasteiger partial charge in [-0.15, -0.1) is 11.3 Å². The number of methoxy groups -OCH3 is 1. The number of aromatic nitrogens is 1. The monoisotopic (exact) mass is 460 g/mol. The third kappa shape index (κ3) is 5.02. The molecule has 2 heterocycles. The number of nitrogens with zero attached hydrogens (tertiary/aromatic N) is 1. The highest BCUT2D eigenvalue weighted by Crippen LogP contribution is 2.34. The van der Waals surface area contributed by atoms with Crippen molar-refractivity contribution in [3.05, 3.63) is 77.4 Å². The predicted octanol–water partition coefficient (Wildman–Crippen LogP) is 4.30. The predicted molar refractivity (Wildman–Crippen MR) is 132 cm³/mol. The van der Waals surface area contributed by atoms with E-state index >= 15 is 0 Å². The van der Waals surface area contributed by atoms with Crippen LogP contribution in [-0.2, 0) is 0 Å². The van der Waals surface area contributed by atoms with Gasteiger partial charge in [-0.3, -0.25) is 14.6 Å². The van der Waals surface area contributed by atoms with Crippen LogP contribution in [0.25, 0.3) is 21.2 Å². The first-order valence-corrected chi connectivity index (χ1v) is 11.4. The van der Waals surface area contributed by atoms with Crippen LogP contribution in [0.15, 0.2) is 66.3 Å². The Balaban J connectivity index is 1.55. The lowest BCUT2D eigenvalue weighted by atomic mass is 10.1. The summed E-state index contributed by atoms with van der Waals surface area (Å²) >= 11 is 1.62. The lowest BCUT2D eigenvalue weighted by molar-refractivity contribution is 0.0949. The van der Waals surface area contributed by atoms with Gasteiger partial charge in [0.1, 0.15) is 5.75 Å². The number of carbonyl (C=O) groups is 2. The molecule has 0 radical (unpaired) electrons. The number of amides is 2. The summed E-state index contributed by atoms with van der Waals surface area (Å²) in [4.78, 5) is 30.8. The molecule has 2 aromatic carbocycles. The number of nitrogens with two attached hydrogens (primary N) is 1. The van der Waals surface area contributed by atoms with Crippen molar-refractivity contribution in [2.24, 2.45) is 5.73 Å². The van der Waals surface area contributed by atoms with Crippen LogP contribution in [0.2, 0.25) is 0 Å². The molecule has 0 spiro atoms. The minimum absolute atomic E-state index is 0.287. The van der Waals surface area contributed by atoms with Crippen molar-refractivity contribution in [2.45, 2.75) is 6.42 Å². The number of hydrogen-bond acceptors (Lipinski definition) is 6. The minimum atomic E-state index is -0.315. The number of pyridine rings is 1. The molecule has 0 aliphatic heterocycles. The van der Waals surface area contributed by atoms with Gasteiger partial charge < -0.3 is 21.1 Å². The van der Waals surface area contributed by atoms with E-state index in [9.17, 15) is 9.59 Å². The summed E-state index contributed by atoms with van der Waals surface area (Å²) in [5, 5.41) is 10.0. The molecular formula is C25H24N4O3S. The van der Waals surface area contributed by atoms with Gasteiger partial charge in [0.25, 0.3) is 11.8 Å².